The van der Waals surface area contributed by atoms with Crippen molar-refractivity contribution in [3.8, 4) is 22.7 Å². The maximum absolute atomic E-state index is 12.1. The number of pyridine rings is 1. The summed E-state index contributed by atoms with van der Waals surface area (Å²) in [6.07, 6.45) is 3.11. The van der Waals surface area contributed by atoms with Gasteiger partial charge in [0, 0.05) is 31.2 Å². The van der Waals surface area contributed by atoms with E-state index in [1.165, 1.54) is 18.2 Å². The highest BCUT2D eigenvalue weighted by atomic mass is 16.5. The molecule has 0 spiro atoms. The molecule has 0 aliphatic carbocycles. The Morgan fingerprint density at radius 3 is 2.88 bits per heavy atom. The fourth-order valence-electron chi connectivity index (χ4n) is 2.87. The van der Waals surface area contributed by atoms with E-state index in [2.05, 4.69) is 10.2 Å². The number of hydrogen-bond donors (Lipinski definition) is 1. The van der Waals surface area contributed by atoms with E-state index in [1.807, 2.05) is 0 Å². The number of esters is 1. The maximum atomic E-state index is 12.1. The predicted molar refractivity (Wildman–Crippen MR) is 91.1 cm³/mol. The summed E-state index contributed by atoms with van der Waals surface area (Å²) in [5.41, 5.74) is 1.57. The lowest BCUT2D eigenvalue weighted by atomic mass is 10.1. The minimum absolute atomic E-state index is 0.0451. The molecule has 0 atom stereocenters. The van der Waals surface area contributed by atoms with Crippen molar-refractivity contribution in [2.24, 2.45) is 0 Å². The van der Waals surface area contributed by atoms with Gasteiger partial charge >= 0.3 is 5.97 Å². The number of rotatable bonds is 2. The fraction of sp³-hybridized carbons (Fsp3) is 0.176. The molecule has 0 bridgehead atoms. The number of amides is 1. The predicted octanol–water partition coefficient (Wildman–Crippen LogP) is 0.807. The monoisotopic (exact) mass is 354 g/mol. The number of likely N-dealkylation sites (N-methyl/N-ethyl adjacent to an activating group) is 1. The Kier molecular flexibility index (Phi) is 3.50. The molecule has 1 amide bonds. The van der Waals surface area contributed by atoms with Crippen LogP contribution in [0, 0.1) is 0 Å². The van der Waals surface area contributed by atoms with Gasteiger partial charge in [-0.25, -0.2) is 9.89 Å². The molecule has 0 unspecified atom stereocenters. The molecule has 1 aromatic rings. The van der Waals surface area contributed by atoms with E-state index in [1.54, 1.807) is 36.0 Å². The molecule has 9 nitrogen and oxygen atoms in total. The molecule has 0 saturated carbocycles. The summed E-state index contributed by atoms with van der Waals surface area (Å²) in [6.45, 7) is -0.0451. The molecule has 3 aliphatic heterocycles. The number of carbonyl (C=O) groups is 2. The van der Waals surface area contributed by atoms with Gasteiger partial charge in [0.2, 0.25) is 0 Å². The molecular weight excluding hydrogens is 340 g/mol. The smallest absolute Gasteiger partial charge is 0.341 e. The molecule has 1 N–H and O–H groups in total. The van der Waals surface area contributed by atoms with Crippen molar-refractivity contribution in [2.75, 3.05) is 25.7 Å². The highest BCUT2D eigenvalue weighted by Crippen LogP contribution is 2.33. The molecule has 0 fully saturated rings. The average Bonchev–Trinajstić information content (AvgIpc) is 3.04. The van der Waals surface area contributed by atoms with Gasteiger partial charge in [-0.1, -0.05) is 0 Å². The van der Waals surface area contributed by atoms with Gasteiger partial charge in [0.15, 0.2) is 6.61 Å². The van der Waals surface area contributed by atoms with E-state index < -0.39 is 11.5 Å². The van der Waals surface area contributed by atoms with Crippen molar-refractivity contribution in [1.82, 2.24) is 14.8 Å². The number of methoxy groups -OCH3 is 1. The van der Waals surface area contributed by atoms with Gasteiger partial charge in [-0.05, 0) is 12.1 Å². The van der Waals surface area contributed by atoms with E-state index in [4.69, 9.17) is 9.47 Å². The molecule has 1 aromatic carbocycles. The highest BCUT2D eigenvalue weighted by Gasteiger charge is 2.24. The Bertz CT molecular complexity index is 1070. The van der Waals surface area contributed by atoms with Crippen LogP contribution < -0.4 is 15.2 Å². The lowest BCUT2D eigenvalue weighted by Crippen LogP contribution is -2.35. The molecule has 4 rings (SSSR count). The maximum Gasteiger partial charge on any atom is 0.341 e. The number of carbonyl (C=O) groups excluding carboxylic acids is 2. The summed E-state index contributed by atoms with van der Waals surface area (Å²) >= 11 is 0. The number of nitrogens with one attached hydrogen (secondary N) is 1. The second-order valence-electron chi connectivity index (χ2n) is 5.78. The van der Waals surface area contributed by atoms with Crippen LogP contribution in [0.2, 0.25) is 0 Å². The molecule has 9 heteroatoms. The number of fused-ring (bicyclic) bond motifs is 2. The lowest BCUT2D eigenvalue weighted by Gasteiger charge is -2.26. The molecule has 3 aliphatic rings. The van der Waals surface area contributed by atoms with Crippen LogP contribution >= 0.6 is 0 Å². The third-order valence-electron chi connectivity index (χ3n) is 4.29. The largest absolute Gasteiger partial charge is 0.481 e. The van der Waals surface area contributed by atoms with Crippen LogP contribution in [0.3, 0.4) is 0 Å². The van der Waals surface area contributed by atoms with Crippen LogP contribution in [-0.2, 0) is 9.53 Å². The molecule has 0 radical (unpaired) electrons. The topological polar surface area (TPSA) is 107 Å². The number of benzene rings is 1. The van der Waals surface area contributed by atoms with Crippen molar-refractivity contribution in [1.29, 1.82) is 0 Å². The van der Waals surface area contributed by atoms with Crippen molar-refractivity contribution in [3.63, 3.8) is 0 Å². The van der Waals surface area contributed by atoms with Crippen LogP contribution in [0.5, 0.6) is 5.75 Å². The van der Waals surface area contributed by atoms with E-state index in [0.29, 0.717) is 17.1 Å². The van der Waals surface area contributed by atoms with Gasteiger partial charge in [-0.3, -0.25) is 9.59 Å². The van der Waals surface area contributed by atoms with Gasteiger partial charge in [0.25, 0.3) is 11.5 Å². The zero-order valence-electron chi connectivity index (χ0n) is 14.0. The van der Waals surface area contributed by atoms with E-state index >= 15 is 0 Å². The van der Waals surface area contributed by atoms with Crippen LogP contribution in [-0.4, -0.2) is 47.4 Å². The van der Waals surface area contributed by atoms with Crippen LogP contribution in [0.1, 0.15) is 10.4 Å². The van der Waals surface area contributed by atoms with Crippen LogP contribution in [0.4, 0.5) is 5.69 Å². The quantitative estimate of drug-likeness (QED) is 0.683. The van der Waals surface area contributed by atoms with E-state index in [-0.39, 0.29) is 29.3 Å². The normalized spacial score (nSPS) is 13.5. The first-order chi connectivity index (χ1) is 12.5. The van der Waals surface area contributed by atoms with Crippen LogP contribution in [0.25, 0.3) is 16.9 Å². The summed E-state index contributed by atoms with van der Waals surface area (Å²) in [6, 6.07) is 5.23. The second-order valence-corrected chi connectivity index (χ2v) is 5.78. The summed E-state index contributed by atoms with van der Waals surface area (Å²) in [5.74, 6) is -0.205. The Labute approximate surface area is 147 Å². The average molecular weight is 354 g/mol. The number of aromatic nitrogens is 3. The lowest BCUT2D eigenvalue weighted by molar-refractivity contribution is -0.120. The van der Waals surface area contributed by atoms with Gasteiger partial charge in [0.05, 0.1) is 18.4 Å². The first-order valence-electron chi connectivity index (χ1n) is 7.72. The van der Waals surface area contributed by atoms with Gasteiger partial charge in [-0.2, -0.15) is 5.10 Å². The Balaban J connectivity index is 1.88. The number of nitrogens with zero attached hydrogens (tertiary/aromatic N) is 3. The third kappa shape index (κ3) is 2.32. The SMILES string of the molecule is COC(=O)c1cn(-c2ccc3c(c2)OCC(=O)N3C)cc2c(=O)[nH]nc1-2. The highest BCUT2D eigenvalue weighted by molar-refractivity contribution is 5.98. The third-order valence-corrected chi connectivity index (χ3v) is 4.29. The number of ether oxygens (including phenoxy) is 2. The molecule has 3 heterocycles. The van der Waals surface area contributed by atoms with Crippen molar-refractivity contribution in [2.45, 2.75) is 0 Å². The van der Waals surface area contributed by atoms with E-state index in [9.17, 15) is 14.4 Å². The number of hydrogen-bond acceptors (Lipinski definition) is 6. The minimum Gasteiger partial charge on any atom is -0.481 e. The summed E-state index contributed by atoms with van der Waals surface area (Å²) in [7, 11) is 2.93. The second kappa shape index (κ2) is 5.73. The minimum atomic E-state index is -0.601. The van der Waals surface area contributed by atoms with Crippen LogP contribution in [0.15, 0.2) is 35.4 Å². The molecule has 0 aromatic heterocycles. The van der Waals surface area contributed by atoms with Crippen molar-refractivity contribution >= 4 is 17.6 Å². The van der Waals surface area contributed by atoms with Crippen molar-refractivity contribution in [3.05, 3.63) is 46.5 Å². The first-order valence-corrected chi connectivity index (χ1v) is 7.72. The zero-order valence-corrected chi connectivity index (χ0v) is 14.0. The standard InChI is InChI=1S/C17H14N4O5/c1-20-12-4-3-9(5-13(12)26-8-14(20)22)21-6-10-15(18-19-16(10)23)11(7-21)17(24)25-2/h3-7H,8H2,1-2H3,(H,19,23). The van der Waals surface area contributed by atoms with Gasteiger partial charge in [-0.15, -0.1) is 0 Å². The number of aromatic amines is 1. The molecule has 26 heavy (non-hydrogen) atoms. The Hall–Kier alpha value is -3.62. The van der Waals surface area contributed by atoms with Gasteiger partial charge < -0.3 is 18.9 Å². The Morgan fingerprint density at radius 1 is 1.31 bits per heavy atom. The van der Waals surface area contributed by atoms with E-state index in [0.717, 1.165) is 0 Å². The van der Waals surface area contributed by atoms with Gasteiger partial charge in [0.1, 0.15) is 17.0 Å². The molecule has 132 valence electrons. The number of anilines is 1. The Morgan fingerprint density at radius 2 is 2.12 bits per heavy atom. The fourth-order valence-corrected chi connectivity index (χ4v) is 2.87. The summed E-state index contributed by atoms with van der Waals surface area (Å²) in [4.78, 5) is 37.3. The number of H-pyrrole nitrogens is 1. The van der Waals surface area contributed by atoms with Crippen molar-refractivity contribution < 1.29 is 19.1 Å². The first kappa shape index (κ1) is 15.9. The molecule has 0 saturated heterocycles. The molecular formula is C17H14N4O5. The zero-order chi connectivity index (χ0) is 18.4. The summed E-state index contributed by atoms with van der Waals surface area (Å²) < 4.78 is 11.9. The summed E-state index contributed by atoms with van der Waals surface area (Å²) in [5, 5.41) is 6.23.